The quantitative estimate of drug-likeness (QED) is 0.463. The van der Waals surface area contributed by atoms with E-state index in [0.717, 1.165) is 30.3 Å². The van der Waals surface area contributed by atoms with Gasteiger partial charge >= 0.3 is 0 Å². The molecule has 10 heteroatoms. The number of fused-ring (bicyclic) bond motifs is 2. The second-order valence-corrected chi connectivity index (χ2v) is 8.53. The van der Waals surface area contributed by atoms with Gasteiger partial charge in [0.1, 0.15) is 23.4 Å². The molecule has 1 aromatic carbocycles. The molecule has 1 amide bonds. The number of nitrogens with one attached hydrogen (secondary N) is 1. The molecule has 10 nitrogen and oxygen atoms in total. The molecule has 1 saturated heterocycles. The number of benzene rings is 1. The standard InChI is InChI=1S/C23H22N8O2/c1-13(32)30-9-8-16(11-30)31-22-20(21(24)25-12-26-22)17(29-31)6-2-14-3-7-19-18(10-14)28-23(33-19)27-15-4-5-15/h3,7,10,12,15-16H,4-5,8-9,11H2,1H3,(H,27,28)(H2,24,25,26)/t16-/m0/s1. The summed E-state index contributed by atoms with van der Waals surface area (Å²) in [6, 6.07) is 6.68. The number of oxazole rings is 1. The van der Waals surface area contributed by atoms with Crippen LogP contribution < -0.4 is 11.1 Å². The smallest absolute Gasteiger partial charge is 0.295 e. The van der Waals surface area contributed by atoms with Crippen molar-refractivity contribution < 1.29 is 9.21 Å². The average Bonchev–Trinajstić information content (AvgIpc) is 3.20. The fourth-order valence-corrected chi connectivity index (χ4v) is 4.17. The van der Waals surface area contributed by atoms with Crippen molar-refractivity contribution in [1.82, 2.24) is 29.6 Å². The van der Waals surface area contributed by atoms with E-state index in [-0.39, 0.29) is 11.9 Å². The molecule has 1 saturated carbocycles. The summed E-state index contributed by atoms with van der Waals surface area (Å²) in [7, 11) is 0. The predicted octanol–water partition coefficient (Wildman–Crippen LogP) is 2.32. The van der Waals surface area contributed by atoms with Crippen LogP contribution >= 0.6 is 0 Å². The number of nitrogens with zero attached hydrogens (tertiary/aromatic N) is 6. The molecule has 1 atom stereocenters. The number of rotatable bonds is 3. The Balaban J connectivity index is 1.35. The van der Waals surface area contributed by atoms with Gasteiger partial charge < -0.3 is 20.4 Å². The van der Waals surface area contributed by atoms with Crippen LogP contribution in [0.4, 0.5) is 11.8 Å². The summed E-state index contributed by atoms with van der Waals surface area (Å²) < 4.78 is 7.58. The number of carbonyl (C=O) groups is 1. The van der Waals surface area contributed by atoms with Crippen molar-refractivity contribution in [2.45, 2.75) is 38.3 Å². The fourth-order valence-electron chi connectivity index (χ4n) is 4.17. The van der Waals surface area contributed by atoms with E-state index in [1.807, 2.05) is 27.8 Å². The average molecular weight is 442 g/mol. The highest BCUT2D eigenvalue weighted by Gasteiger charge is 2.29. The van der Waals surface area contributed by atoms with Crippen LogP contribution in [0, 0.1) is 11.8 Å². The van der Waals surface area contributed by atoms with Gasteiger partial charge in [-0.3, -0.25) is 4.79 Å². The molecule has 0 radical (unpaired) electrons. The van der Waals surface area contributed by atoms with Crippen LogP contribution in [0.15, 0.2) is 28.9 Å². The van der Waals surface area contributed by atoms with Crippen LogP contribution in [0.3, 0.4) is 0 Å². The molecule has 0 bridgehead atoms. The van der Waals surface area contributed by atoms with E-state index in [2.05, 4.69) is 32.1 Å². The molecule has 4 heterocycles. The molecular formula is C23H22N8O2. The SMILES string of the molecule is CC(=O)N1CC[C@H](n2nc(C#Cc3ccc4oc(NC5CC5)nc4c3)c3c(N)ncnc32)C1. The highest BCUT2D eigenvalue weighted by Crippen LogP contribution is 2.29. The number of anilines is 2. The van der Waals surface area contributed by atoms with Crippen LogP contribution in [0.5, 0.6) is 0 Å². The minimum absolute atomic E-state index is 0.0186. The molecule has 33 heavy (non-hydrogen) atoms. The lowest BCUT2D eigenvalue weighted by Gasteiger charge is -2.14. The highest BCUT2D eigenvalue weighted by molar-refractivity contribution is 5.90. The Morgan fingerprint density at radius 2 is 2.12 bits per heavy atom. The van der Waals surface area contributed by atoms with Gasteiger partial charge in [0.25, 0.3) is 6.01 Å². The maximum atomic E-state index is 11.8. The van der Waals surface area contributed by atoms with Crippen molar-refractivity contribution in [3.63, 3.8) is 0 Å². The molecular weight excluding hydrogens is 420 g/mol. The van der Waals surface area contributed by atoms with Crippen LogP contribution in [0.2, 0.25) is 0 Å². The summed E-state index contributed by atoms with van der Waals surface area (Å²) in [6.07, 6.45) is 4.52. The monoisotopic (exact) mass is 442 g/mol. The van der Waals surface area contributed by atoms with Gasteiger partial charge in [0.05, 0.1) is 11.4 Å². The van der Waals surface area contributed by atoms with Gasteiger partial charge in [0, 0.05) is 31.6 Å². The zero-order valence-electron chi connectivity index (χ0n) is 18.1. The summed E-state index contributed by atoms with van der Waals surface area (Å²) in [6.45, 7) is 2.86. The minimum Gasteiger partial charge on any atom is -0.424 e. The van der Waals surface area contributed by atoms with Crippen LogP contribution in [0.25, 0.3) is 22.1 Å². The maximum absolute atomic E-state index is 11.8. The second kappa shape index (κ2) is 7.48. The molecule has 0 spiro atoms. The van der Waals surface area contributed by atoms with E-state index in [0.29, 0.717) is 53.3 Å². The van der Waals surface area contributed by atoms with Crippen molar-refractivity contribution in [1.29, 1.82) is 0 Å². The first-order valence-corrected chi connectivity index (χ1v) is 11.0. The Labute approximate surface area is 189 Å². The van der Waals surface area contributed by atoms with E-state index in [1.54, 1.807) is 6.92 Å². The Hall–Kier alpha value is -4.13. The molecule has 6 rings (SSSR count). The molecule has 2 fully saturated rings. The summed E-state index contributed by atoms with van der Waals surface area (Å²) in [5, 5.41) is 8.62. The fraction of sp³-hybridized carbons (Fsp3) is 0.348. The van der Waals surface area contributed by atoms with Gasteiger partial charge in [-0.2, -0.15) is 10.1 Å². The summed E-state index contributed by atoms with van der Waals surface area (Å²) in [5.74, 6) is 6.69. The molecule has 166 valence electrons. The van der Waals surface area contributed by atoms with Gasteiger partial charge in [0.2, 0.25) is 5.91 Å². The van der Waals surface area contributed by atoms with Gasteiger partial charge in [-0.25, -0.2) is 14.6 Å². The van der Waals surface area contributed by atoms with Gasteiger partial charge in [-0.15, -0.1) is 0 Å². The van der Waals surface area contributed by atoms with Crippen molar-refractivity contribution in [3.8, 4) is 11.8 Å². The van der Waals surface area contributed by atoms with Gasteiger partial charge in [-0.05, 0) is 43.4 Å². The van der Waals surface area contributed by atoms with E-state index in [1.165, 1.54) is 6.33 Å². The number of aromatic nitrogens is 5. The predicted molar refractivity (Wildman–Crippen MR) is 122 cm³/mol. The van der Waals surface area contributed by atoms with Crippen molar-refractivity contribution in [2.24, 2.45) is 0 Å². The van der Waals surface area contributed by atoms with Crippen LogP contribution in [0.1, 0.15) is 43.5 Å². The first kappa shape index (κ1) is 19.5. The van der Waals surface area contributed by atoms with E-state index < -0.39 is 0 Å². The Morgan fingerprint density at radius 1 is 1.24 bits per heavy atom. The summed E-state index contributed by atoms with van der Waals surface area (Å²) >= 11 is 0. The van der Waals surface area contributed by atoms with E-state index in [4.69, 9.17) is 15.2 Å². The van der Waals surface area contributed by atoms with Crippen molar-refractivity contribution in [3.05, 3.63) is 35.8 Å². The molecule has 3 aromatic heterocycles. The highest BCUT2D eigenvalue weighted by atomic mass is 16.4. The third kappa shape index (κ3) is 3.61. The minimum atomic E-state index is 0.0186. The van der Waals surface area contributed by atoms with E-state index in [9.17, 15) is 4.79 Å². The summed E-state index contributed by atoms with van der Waals surface area (Å²) in [5.41, 5.74) is 9.56. The zero-order valence-corrected chi connectivity index (χ0v) is 18.1. The number of nitrogens with two attached hydrogens (primary N) is 1. The number of hydrogen-bond donors (Lipinski definition) is 2. The summed E-state index contributed by atoms with van der Waals surface area (Å²) in [4.78, 5) is 26.6. The van der Waals surface area contributed by atoms with Crippen LogP contribution in [-0.2, 0) is 4.79 Å². The lowest BCUT2D eigenvalue weighted by Crippen LogP contribution is -2.26. The van der Waals surface area contributed by atoms with Crippen LogP contribution in [-0.4, -0.2) is 54.7 Å². The maximum Gasteiger partial charge on any atom is 0.295 e. The molecule has 0 unspecified atom stereocenters. The van der Waals surface area contributed by atoms with Gasteiger partial charge in [-0.1, -0.05) is 5.92 Å². The van der Waals surface area contributed by atoms with Gasteiger partial charge in [0.15, 0.2) is 11.2 Å². The van der Waals surface area contributed by atoms with E-state index >= 15 is 0 Å². The number of likely N-dealkylation sites (tertiary alicyclic amines) is 1. The Bertz CT molecular complexity index is 1460. The van der Waals surface area contributed by atoms with Crippen molar-refractivity contribution >= 4 is 39.9 Å². The zero-order chi connectivity index (χ0) is 22.5. The second-order valence-electron chi connectivity index (χ2n) is 8.53. The number of nitrogen functional groups attached to an aromatic ring is 1. The third-order valence-electron chi connectivity index (χ3n) is 6.09. The first-order chi connectivity index (χ1) is 16.0. The lowest BCUT2D eigenvalue weighted by atomic mass is 10.2. The molecule has 1 aliphatic heterocycles. The Morgan fingerprint density at radius 3 is 2.91 bits per heavy atom. The largest absolute Gasteiger partial charge is 0.424 e. The number of amides is 1. The molecule has 3 N–H and O–H groups in total. The molecule has 1 aliphatic carbocycles. The molecule has 2 aliphatic rings. The lowest BCUT2D eigenvalue weighted by molar-refractivity contribution is -0.127. The third-order valence-corrected chi connectivity index (χ3v) is 6.09. The van der Waals surface area contributed by atoms with Crippen molar-refractivity contribution in [2.75, 3.05) is 24.1 Å². The number of carbonyl (C=O) groups excluding carboxylic acids is 1. The topological polar surface area (TPSA) is 128 Å². The first-order valence-electron chi connectivity index (χ1n) is 11.0. The Kier molecular flexibility index (Phi) is 4.43. The molecule has 4 aromatic rings. The number of hydrogen-bond acceptors (Lipinski definition) is 8. The normalized spacial score (nSPS) is 18.0.